The van der Waals surface area contributed by atoms with Gasteiger partial charge in [0.15, 0.2) is 0 Å². The van der Waals surface area contributed by atoms with Gasteiger partial charge in [-0.1, -0.05) is 34.6 Å². The molecule has 0 aromatic rings. The lowest BCUT2D eigenvalue weighted by molar-refractivity contribution is -0.138. The van der Waals surface area contributed by atoms with Crippen LogP contribution in [0.4, 0.5) is 0 Å². The van der Waals surface area contributed by atoms with Gasteiger partial charge in [0.1, 0.15) is 5.78 Å². The van der Waals surface area contributed by atoms with Crippen LogP contribution in [0, 0.1) is 16.7 Å². The molecule has 1 aliphatic heterocycles. The van der Waals surface area contributed by atoms with Crippen molar-refractivity contribution >= 4 is 5.78 Å². The second-order valence-corrected chi connectivity index (χ2v) is 5.82. The Morgan fingerprint density at radius 1 is 1.36 bits per heavy atom. The molecule has 14 heavy (non-hydrogen) atoms. The van der Waals surface area contributed by atoms with Crippen LogP contribution in [0.2, 0.25) is 0 Å². The molecular weight excluding hydrogens is 174 g/mol. The van der Waals surface area contributed by atoms with E-state index in [-0.39, 0.29) is 10.8 Å². The molecule has 0 bridgehead atoms. The van der Waals surface area contributed by atoms with Crippen molar-refractivity contribution in [1.82, 2.24) is 5.32 Å². The molecule has 82 valence electrons. The highest BCUT2D eigenvalue weighted by molar-refractivity contribution is 5.90. The van der Waals surface area contributed by atoms with E-state index in [1.165, 1.54) is 0 Å². The Morgan fingerprint density at radius 3 is 2.21 bits per heavy atom. The van der Waals surface area contributed by atoms with Gasteiger partial charge >= 0.3 is 0 Å². The van der Waals surface area contributed by atoms with E-state index in [0.29, 0.717) is 11.7 Å². The van der Waals surface area contributed by atoms with Crippen molar-refractivity contribution in [2.45, 2.75) is 41.0 Å². The number of hydrogen-bond acceptors (Lipinski definition) is 2. The zero-order chi connectivity index (χ0) is 11.0. The molecule has 0 radical (unpaired) electrons. The summed E-state index contributed by atoms with van der Waals surface area (Å²) < 4.78 is 0. The largest absolute Gasteiger partial charge is 0.316 e. The average molecular weight is 197 g/mol. The number of carbonyl (C=O) groups excluding carboxylic acids is 1. The van der Waals surface area contributed by atoms with Crippen LogP contribution in [0.1, 0.15) is 41.0 Å². The third-order valence-electron chi connectivity index (χ3n) is 3.43. The Hall–Kier alpha value is -0.370. The summed E-state index contributed by atoms with van der Waals surface area (Å²) in [5.41, 5.74) is -0.325. The Balaban J connectivity index is 2.94. The van der Waals surface area contributed by atoms with Crippen LogP contribution in [0.5, 0.6) is 0 Å². The summed E-state index contributed by atoms with van der Waals surface area (Å²) in [5, 5.41) is 3.33. The van der Waals surface area contributed by atoms with Crippen molar-refractivity contribution in [3.8, 4) is 0 Å². The Bertz CT molecular complexity index is 219. The van der Waals surface area contributed by atoms with Gasteiger partial charge < -0.3 is 5.32 Å². The highest BCUT2D eigenvalue weighted by atomic mass is 16.1. The van der Waals surface area contributed by atoms with Gasteiger partial charge in [0.2, 0.25) is 0 Å². The van der Waals surface area contributed by atoms with Crippen LogP contribution >= 0.6 is 0 Å². The van der Waals surface area contributed by atoms with E-state index in [9.17, 15) is 4.79 Å². The van der Waals surface area contributed by atoms with Crippen molar-refractivity contribution in [1.29, 1.82) is 0 Å². The van der Waals surface area contributed by atoms with Gasteiger partial charge in [-0.15, -0.1) is 0 Å². The molecule has 1 aliphatic rings. The van der Waals surface area contributed by atoms with Gasteiger partial charge in [0, 0.05) is 17.4 Å². The molecule has 1 saturated heterocycles. The summed E-state index contributed by atoms with van der Waals surface area (Å²) in [4.78, 5) is 12.4. The molecule has 1 unspecified atom stereocenters. The second kappa shape index (κ2) is 3.65. The molecule has 1 rings (SSSR count). The van der Waals surface area contributed by atoms with Crippen LogP contribution in [0.15, 0.2) is 0 Å². The number of carbonyl (C=O) groups is 1. The zero-order valence-corrected chi connectivity index (χ0v) is 10.1. The quantitative estimate of drug-likeness (QED) is 0.735. The van der Waals surface area contributed by atoms with Crippen molar-refractivity contribution in [2.24, 2.45) is 16.7 Å². The molecule has 0 saturated carbocycles. The van der Waals surface area contributed by atoms with Gasteiger partial charge in [0.25, 0.3) is 0 Å². The fraction of sp³-hybridized carbons (Fsp3) is 0.917. The predicted molar refractivity (Wildman–Crippen MR) is 59.2 cm³/mol. The van der Waals surface area contributed by atoms with Gasteiger partial charge in [-0.25, -0.2) is 0 Å². The summed E-state index contributed by atoms with van der Waals surface area (Å²) in [5.74, 6) is 0.856. The highest BCUT2D eigenvalue weighted by Crippen LogP contribution is 2.40. The summed E-state index contributed by atoms with van der Waals surface area (Å²) in [6.07, 6.45) is 1.00. The minimum absolute atomic E-state index is 0.113. The average Bonchev–Trinajstić information content (AvgIpc) is 2.50. The van der Waals surface area contributed by atoms with Crippen LogP contribution in [0.25, 0.3) is 0 Å². The minimum Gasteiger partial charge on any atom is -0.316 e. The normalized spacial score (nSPS) is 28.4. The number of ketones is 1. The third kappa shape index (κ3) is 1.85. The van der Waals surface area contributed by atoms with Crippen molar-refractivity contribution in [2.75, 3.05) is 13.1 Å². The lowest BCUT2D eigenvalue weighted by Crippen LogP contribution is -2.44. The van der Waals surface area contributed by atoms with E-state index in [0.717, 1.165) is 19.5 Å². The van der Waals surface area contributed by atoms with E-state index in [1.807, 2.05) is 20.8 Å². The Kier molecular flexibility index (Phi) is 3.05. The maximum Gasteiger partial charge on any atom is 0.145 e. The molecular formula is C12H23NO. The van der Waals surface area contributed by atoms with Gasteiger partial charge in [-0.2, -0.15) is 0 Å². The Labute approximate surface area is 87.5 Å². The molecule has 1 N–H and O–H groups in total. The molecule has 0 aliphatic carbocycles. The molecule has 2 nitrogen and oxygen atoms in total. The number of Topliss-reactive ketones (excluding diaryl/α,β-unsaturated/α-hetero) is 1. The first-order valence-corrected chi connectivity index (χ1v) is 5.56. The van der Waals surface area contributed by atoms with Gasteiger partial charge in [-0.05, 0) is 18.9 Å². The van der Waals surface area contributed by atoms with Gasteiger partial charge in [-0.3, -0.25) is 4.79 Å². The summed E-state index contributed by atoms with van der Waals surface area (Å²) in [6, 6.07) is 0. The Morgan fingerprint density at radius 2 is 1.93 bits per heavy atom. The fourth-order valence-electron chi connectivity index (χ4n) is 2.41. The first kappa shape index (κ1) is 11.7. The van der Waals surface area contributed by atoms with Crippen LogP contribution < -0.4 is 5.32 Å². The smallest absolute Gasteiger partial charge is 0.145 e. The topological polar surface area (TPSA) is 29.1 Å². The van der Waals surface area contributed by atoms with E-state index in [2.05, 4.69) is 19.2 Å². The SMILES string of the molecule is CC(C)C1(C(=O)C(C)(C)C)CCNC1. The summed E-state index contributed by atoms with van der Waals surface area (Å²) in [6.45, 7) is 12.3. The van der Waals surface area contributed by atoms with Crippen molar-refractivity contribution < 1.29 is 4.79 Å². The summed E-state index contributed by atoms with van der Waals surface area (Å²) in [7, 11) is 0. The standard InChI is InChI=1S/C12H23NO/c1-9(2)12(6-7-13-8-12)10(14)11(3,4)5/h9,13H,6-8H2,1-5H3. The maximum absolute atomic E-state index is 12.4. The van der Waals surface area contributed by atoms with Crippen molar-refractivity contribution in [3.05, 3.63) is 0 Å². The van der Waals surface area contributed by atoms with Gasteiger partial charge in [0.05, 0.1) is 0 Å². The first-order valence-electron chi connectivity index (χ1n) is 5.56. The second-order valence-electron chi connectivity index (χ2n) is 5.82. The van der Waals surface area contributed by atoms with Crippen LogP contribution in [-0.2, 0) is 4.79 Å². The van der Waals surface area contributed by atoms with Crippen molar-refractivity contribution in [3.63, 3.8) is 0 Å². The maximum atomic E-state index is 12.4. The lowest BCUT2D eigenvalue weighted by atomic mass is 9.66. The monoisotopic (exact) mass is 197 g/mol. The molecule has 1 heterocycles. The van der Waals surface area contributed by atoms with E-state index >= 15 is 0 Å². The predicted octanol–water partition coefficient (Wildman–Crippen LogP) is 2.24. The molecule has 1 fully saturated rings. The first-order chi connectivity index (χ1) is 6.31. The lowest BCUT2D eigenvalue weighted by Gasteiger charge is -2.36. The number of hydrogen-bond donors (Lipinski definition) is 1. The fourth-order valence-corrected chi connectivity index (χ4v) is 2.41. The molecule has 1 atom stereocenters. The molecule has 0 aromatic carbocycles. The molecule has 0 amide bonds. The molecule has 0 spiro atoms. The molecule has 0 aromatic heterocycles. The summed E-state index contributed by atoms with van der Waals surface area (Å²) >= 11 is 0. The third-order valence-corrected chi connectivity index (χ3v) is 3.43. The van der Waals surface area contributed by atoms with E-state index < -0.39 is 0 Å². The van der Waals surface area contributed by atoms with Crippen LogP contribution in [0.3, 0.4) is 0 Å². The van der Waals surface area contributed by atoms with E-state index in [1.54, 1.807) is 0 Å². The zero-order valence-electron chi connectivity index (χ0n) is 10.1. The number of rotatable bonds is 2. The highest BCUT2D eigenvalue weighted by Gasteiger charge is 2.47. The van der Waals surface area contributed by atoms with Crippen LogP contribution in [-0.4, -0.2) is 18.9 Å². The number of nitrogens with one attached hydrogen (secondary N) is 1. The van der Waals surface area contributed by atoms with E-state index in [4.69, 9.17) is 0 Å². The minimum atomic E-state index is -0.212. The molecule has 2 heteroatoms.